The van der Waals surface area contributed by atoms with Crippen molar-refractivity contribution in [2.75, 3.05) is 13.1 Å². The van der Waals surface area contributed by atoms with Crippen LogP contribution in [0.1, 0.15) is 41.0 Å². The van der Waals surface area contributed by atoms with E-state index in [1.54, 1.807) is 0 Å². The number of hydrogen-bond acceptors (Lipinski definition) is 3. The third-order valence-corrected chi connectivity index (χ3v) is 6.88. The Morgan fingerprint density at radius 2 is 1.53 bits per heavy atom. The first-order chi connectivity index (χ1) is 16.6. The fraction of sp³-hybridized carbons (Fsp3) is 0.250. The molecule has 1 unspecified atom stereocenters. The van der Waals surface area contributed by atoms with E-state index in [9.17, 15) is 14.4 Å². The van der Waals surface area contributed by atoms with Crippen LogP contribution >= 0.6 is 0 Å². The van der Waals surface area contributed by atoms with E-state index in [-0.39, 0.29) is 24.3 Å². The molecular formula is C28H27N3O3. The van der Waals surface area contributed by atoms with E-state index in [2.05, 4.69) is 34.9 Å². The standard InChI is InChI=1S/C28H27N3O3/c32-25(29-18-16-23(20-9-3-1-4-10-20)21-11-5-2-6-12-21)19-31-26(33)28(30-27(31)34)17-15-22-13-7-8-14-24(22)28/h1-14,23H,15-19H2,(H,29,32)(H,30,34). The number of nitrogens with one attached hydrogen (secondary N) is 2. The molecule has 3 aromatic rings. The number of carbonyl (C=O) groups excluding carboxylic acids is 3. The van der Waals surface area contributed by atoms with Gasteiger partial charge in [-0.25, -0.2) is 4.79 Å². The van der Waals surface area contributed by atoms with E-state index in [1.807, 2.05) is 60.7 Å². The van der Waals surface area contributed by atoms with Gasteiger partial charge in [-0.05, 0) is 41.5 Å². The number of imide groups is 1. The molecule has 0 aromatic heterocycles. The minimum atomic E-state index is -1.04. The summed E-state index contributed by atoms with van der Waals surface area (Å²) >= 11 is 0. The summed E-state index contributed by atoms with van der Waals surface area (Å²) in [6.07, 6.45) is 1.95. The lowest BCUT2D eigenvalue weighted by molar-refractivity contribution is -0.135. The molecular weight excluding hydrogens is 426 g/mol. The Labute approximate surface area is 199 Å². The van der Waals surface area contributed by atoms with Crippen LogP contribution in [0.5, 0.6) is 0 Å². The molecule has 2 aliphatic rings. The van der Waals surface area contributed by atoms with E-state index in [0.717, 1.165) is 22.4 Å². The first-order valence-electron chi connectivity index (χ1n) is 11.7. The number of benzene rings is 3. The van der Waals surface area contributed by atoms with E-state index in [1.165, 1.54) is 11.1 Å². The van der Waals surface area contributed by atoms with Gasteiger partial charge in [0, 0.05) is 12.5 Å². The molecule has 4 amide bonds. The second-order valence-corrected chi connectivity index (χ2v) is 8.90. The Kier molecular flexibility index (Phi) is 5.88. The number of urea groups is 1. The lowest BCUT2D eigenvalue weighted by Gasteiger charge is -2.22. The summed E-state index contributed by atoms with van der Waals surface area (Å²) in [5, 5.41) is 5.77. The average Bonchev–Trinajstić information content (AvgIpc) is 3.36. The van der Waals surface area contributed by atoms with Crippen LogP contribution in [0, 0.1) is 0 Å². The molecule has 0 radical (unpaired) electrons. The Balaban J connectivity index is 1.23. The number of carbonyl (C=O) groups is 3. The number of hydrogen-bond donors (Lipinski definition) is 2. The highest BCUT2D eigenvalue weighted by atomic mass is 16.2. The van der Waals surface area contributed by atoms with Crippen LogP contribution in [0.3, 0.4) is 0 Å². The Morgan fingerprint density at radius 3 is 2.21 bits per heavy atom. The molecule has 1 fully saturated rings. The van der Waals surface area contributed by atoms with Crippen molar-refractivity contribution in [3.05, 3.63) is 107 Å². The summed E-state index contributed by atoms with van der Waals surface area (Å²) in [5.74, 6) is -0.548. The van der Waals surface area contributed by atoms with Gasteiger partial charge in [-0.3, -0.25) is 14.5 Å². The maximum Gasteiger partial charge on any atom is 0.325 e. The second-order valence-electron chi connectivity index (χ2n) is 8.90. The number of rotatable bonds is 7. The average molecular weight is 454 g/mol. The first-order valence-corrected chi connectivity index (χ1v) is 11.7. The molecule has 1 heterocycles. The van der Waals surface area contributed by atoms with Gasteiger partial charge in [0.25, 0.3) is 5.91 Å². The van der Waals surface area contributed by atoms with Crippen LogP contribution < -0.4 is 10.6 Å². The second kappa shape index (κ2) is 9.14. The highest BCUT2D eigenvalue weighted by molar-refractivity contribution is 6.09. The highest BCUT2D eigenvalue weighted by Crippen LogP contribution is 2.41. The van der Waals surface area contributed by atoms with E-state index >= 15 is 0 Å². The summed E-state index contributed by atoms with van der Waals surface area (Å²) in [7, 11) is 0. The van der Waals surface area contributed by atoms with Crippen molar-refractivity contribution in [3.63, 3.8) is 0 Å². The fourth-order valence-electron chi connectivity index (χ4n) is 5.19. The molecule has 3 aromatic carbocycles. The van der Waals surface area contributed by atoms with Crippen molar-refractivity contribution in [2.24, 2.45) is 0 Å². The van der Waals surface area contributed by atoms with E-state index < -0.39 is 11.6 Å². The van der Waals surface area contributed by atoms with Gasteiger partial charge in [-0.2, -0.15) is 0 Å². The molecule has 6 heteroatoms. The zero-order valence-electron chi connectivity index (χ0n) is 18.9. The van der Waals surface area contributed by atoms with Crippen LogP contribution in [-0.4, -0.2) is 35.8 Å². The van der Waals surface area contributed by atoms with Gasteiger partial charge in [-0.1, -0.05) is 84.9 Å². The van der Waals surface area contributed by atoms with E-state index in [0.29, 0.717) is 19.4 Å². The van der Waals surface area contributed by atoms with Gasteiger partial charge in [0.05, 0.1) is 0 Å². The van der Waals surface area contributed by atoms with Gasteiger partial charge >= 0.3 is 6.03 Å². The van der Waals surface area contributed by atoms with Crippen molar-refractivity contribution >= 4 is 17.8 Å². The fourth-order valence-corrected chi connectivity index (χ4v) is 5.19. The van der Waals surface area contributed by atoms with Crippen molar-refractivity contribution in [3.8, 4) is 0 Å². The minimum absolute atomic E-state index is 0.137. The molecule has 6 nitrogen and oxygen atoms in total. The third-order valence-electron chi connectivity index (χ3n) is 6.88. The van der Waals surface area contributed by atoms with Gasteiger partial charge < -0.3 is 10.6 Å². The Hall–Kier alpha value is -3.93. The molecule has 1 aliphatic carbocycles. The maximum absolute atomic E-state index is 13.3. The number of amides is 4. The predicted molar refractivity (Wildman–Crippen MR) is 129 cm³/mol. The van der Waals surface area contributed by atoms with Crippen molar-refractivity contribution in [1.29, 1.82) is 0 Å². The van der Waals surface area contributed by atoms with Gasteiger partial charge in [0.1, 0.15) is 12.1 Å². The predicted octanol–water partition coefficient (Wildman–Crippen LogP) is 3.72. The monoisotopic (exact) mass is 453 g/mol. The summed E-state index contributed by atoms with van der Waals surface area (Å²) < 4.78 is 0. The molecule has 1 aliphatic heterocycles. The van der Waals surface area contributed by atoms with Crippen molar-refractivity contribution in [2.45, 2.75) is 30.7 Å². The number of fused-ring (bicyclic) bond motifs is 2. The number of aryl methyl sites for hydroxylation is 1. The molecule has 0 bridgehead atoms. The minimum Gasteiger partial charge on any atom is -0.355 e. The molecule has 0 saturated carbocycles. The largest absolute Gasteiger partial charge is 0.355 e. The lowest BCUT2D eigenvalue weighted by Crippen LogP contribution is -2.44. The summed E-state index contributed by atoms with van der Waals surface area (Å²) in [6.45, 7) is 0.154. The SMILES string of the molecule is O=C(CN1C(=O)NC2(CCc3ccccc32)C1=O)NCCC(c1ccccc1)c1ccccc1. The van der Waals surface area contributed by atoms with Crippen molar-refractivity contribution in [1.82, 2.24) is 15.5 Å². The number of nitrogens with zero attached hydrogens (tertiary/aromatic N) is 1. The normalized spacial score (nSPS) is 18.9. The van der Waals surface area contributed by atoms with Gasteiger partial charge in [0.2, 0.25) is 5.91 Å². The van der Waals surface area contributed by atoms with E-state index in [4.69, 9.17) is 0 Å². The Morgan fingerprint density at radius 1 is 0.912 bits per heavy atom. The van der Waals surface area contributed by atoms with Crippen LogP contribution in [0.15, 0.2) is 84.9 Å². The molecule has 172 valence electrons. The molecule has 5 rings (SSSR count). The van der Waals surface area contributed by atoms with Gasteiger partial charge in [-0.15, -0.1) is 0 Å². The molecule has 1 saturated heterocycles. The molecule has 1 spiro atoms. The summed E-state index contributed by atoms with van der Waals surface area (Å²) in [6, 6.07) is 27.5. The lowest BCUT2D eigenvalue weighted by atomic mass is 9.88. The third kappa shape index (κ3) is 3.96. The van der Waals surface area contributed by atoms with Crippen LogP contribution in [0.25, 0.3) is 0 Å². The zero-order chi connectivity index (χ0) is 23.5. The van der Waals surface area contributed by atoms with Crippen LogP contribution in [0.4, 0.5) is 4.79 Å². The summed E-state index contributed by atoms with van der Waals surface area (Å²) in [5.41, 5.74) is 3.22. The van der Waals surface area contributed by atoms with Crippen molar-refractivity contribution < 1.29 is 14.4 Å². The van der Waals surface area contributed by atoms with Gasteiger partial charge in [0.15, 0.2) is 0 Å². The molecule has 1 atom stereocenters. The highest BCUT2D eigenvalue weighted by Gasteiger charge is 2.55. The first kappa shape index (κ1) is 21.9. The van der Waals surface area contributed by atoms with Crippen LogP contribution in [-0.2, 0) is 21.5 Å². The molecule has 2 N–H and O–H groups in total. The Bertz CT molecular complexity index is 1170. The maximum atomic E-state index is 13.3. The molecule has 34 heavy (non-hydrogen) atoms. The smallest absolute Gasteiger partial charge is 0.325 e. The zero-order valence-corrected chi connectivity index (χ0v) is 18.9. The van der Waals surface area contributed by atoms with Crippen LogP contribution in [0.2, 0.25) is 0 Å². The summed E-state index contributed by atoms with van der Waals surface area (Å²) in [4.78, 5) is 39.7. The topological polar surface area (TPSA) is 78.5 Å². The quantitative estimate of drug-likeness (QED) is 0.535.